The molecule has 1 aliphatic heterocycles. The fourth-order valence-corrected chi connectivity index (χ4v) is 4.22. The largest absolute Gasteiger partial charge is 0.469 e. The molecule has 0 aliphatic carbocycles. The van der Waals surface area contributed by atoms with Crippen molar-refractivity contribution in [2.75, 3.05) is 11.9 Å². The molecule has 6 heteroatoms. The molecule has 1 amide bonds. The fourth-order valence-electron chi connectivity index (χ4n) is 3.15. The zero-order valence-corrected chi connectivity index (χ0v) is 15.3. The minimum atomic E-state index is -0.0198. The maximum Gasteiger partial charge on any atom is 0.226 e. The van der Waals surface area contributed by atoms with Gasteiger partial charge >= 0.3 is 0 Å². The Hall–Kier alpha value is -2.44. The Morgan fingerprint density at radius 3 is 2.92 bits per heavy atom. The van der Waals surface area contributed by atoms with Crippen molar-refractivity contribution in [3.05, 3.63) is 70.6 Å². The second-order valence-electron chi connectivity index (χ2n) is 6.46. The van der Waals surface area contributed by atoms with Gasteiger partial charge in [-0.3, -0.25) is 9.69 Å². The van der Waals surface area contributed by atoms with E-state index in [2.05, 4.69) is 39.5 Å². The van der Waals surface area contributed by atoms with Gasteiger partial charge in [0.2, 0.25) is 5.91 Å². The van der Waals surface area contributed by atoms with Crippen LogP contribution in [-0.2, 0) is 30.7 Å². The van der Waals surface area contributed by atoms with Crippen LogP contribution in [0.4, 0.5) is 5.13 Å². The topological polar surface area (TPSA) is 58.4 Å². The van der Waals surface area contributed by atoms with E-state index in [1.807, 2.05) is 18.2 Å². The molecule has 1 aromatic carbocycles. The molecule has 2 aromatic heterocycles. The van der Waals surface area contributed by atoms with E-state index < -0.39 is 0 Å². The highest BCUT2D eigenvalue weighted by molar-refractivity contribution is 7.15. The summed E-state index contributed by atoms with van der Waals surface area (Å²) in [6.07, 6.45) is 3.57. The Bertz CT molecular complexity index is 859. The third-order valence-electron chi connectivity index (χ3n) is 4.48. The SMILES string of the molecule is O=C(CCc1ccco1)Nc1nc2c(s1)CN(Cc1ccccc1)CC2. The van der Waals surface area contributed by atoms with E-state index in [0.29, 0.717) is 18.0 Å². The lowest BCUT2D eigenvalue weighted by molar-refractivity contribution is -0.116. The van der Waals surface area contributed by atoms with Crippen LogP contribution in [0.15, 0.2) is 53.1 Å². The summed E-state index contributed by atoms with van der Waals surface area (Å²) in [5.41, 5.74) is 2.45. The minimum absolute atomic E-state index is 0.0198. The Labute approximate surface area is 156 Å². The van der Waals surface area contributed by atoms with Crippen LogP contribution in [0.3, 0.4) is 0 Å². The third kappa shape index (κ3) is 4.20. The Morgan fingerprint density at radius 2 is 2.12 bits per heavy atom. The van der Waals surface area contributed by atoms with Crippen LogP contribution >= 0.6 is 11.3 Å². The summed E-state index contributed by atoms with van der Waals surface area (Å²) in [7, 11) is 0. The van der Waals surface area contributed by atoms with Gasteiger partial charge < -0.3 is 9.73 Å². The second-order valence-corrected chi connectivity index (χ2v) is 7.55. The smallest absolute Gasteiger partial charge is 0.226 e. The summed E-state index contributed by atoms with van der Waals surface area (Å²) in [4.78, 5) is 20.4. The normalized spacial score (nSPS) is 14.2. The van der Waals surface area contributed by atoms with Gasteiger partial charge in [-0.05, 0) is 17.7 Å². The van der Waals surface area contributed by atoms with Crippen molar-refractivity contribution in [3.63, 3.8) is 0 Å². The Morgan fingerprint density at radius 1 is 1.23 bits per heavy atom. The first-order chi connectivity index (χ1) is 12.8. The van der Waals surface area contributed by atoms with Crippen LogP contribution in [-0.4, -0.2) is 22.3 Å². The number of hydrogen-bond acceptors (Lipinski definition) is 5. The molecule has 3 aromatic rings. The third-order valence-corrected chi connectivity index (χ3v) is 5.48. The Balaban J connectivity index is 1.33. The number of amides is 1. The molecule has 0 unspecified atom stereocenters. The van der Waals surface area contributed by atoms with Gasteiger partial charge in [0.25, 0.3) is 0 Å². The van der Waals surface area contributed by atoms with Crippen molar-refractivity contribution in [2.24, 2.45) is 0 Å². The molecular formula is C20H21N3O2S. The molecule has 0 atom stereocenters. The summed E-state index contributed by atoms with van der Waals surface area (Å²) in [5, 5.41) is 3.64. The van der Waals surface area contributed by atoms with E-state index in [9.17, 15) is 4.79 Å². The molecule has 0 fully saturated rings. The zero-order valence-electron chi connectivity index (χ0n) is 14.5. The van der Waals surface area contributed by atoms with E-state index in [1.165, 1.54) is 10.4 Å². The molecule has 4 rings (SSSR count). The number of aromatic nitrogens is 1. The van der Waals surface area contributed by atoms with Crippen LogP contribution in [0.5, 0.6) is 0 Å². The van der Waals surface area contributed by atoms with E-state index in [-0.39, 0.29) is 5.91 Å². The summed E-state index contributed by atoms with van der Waals surface area (Å²) < 4.78 is 5.26. The summed E-state index contributed by atoms with van der Waals surface area (Å²) in [6, 6.07) is 14.2. The molecule has 0 saturated heterocycles. The standard InChI is InChI=1S/C20H21N3O2S/c24-19(9-8-16-7-4-12-25-16)22-20-21-17-10-11-23(14-18(17)26-20)13-15-5-2-1-3-6-15/h1-7,12H,8-11,13-14H2,(H,21,22,24). The van der Waals surface area contributed by atoms with E-state index in [1.54, 1.807) is 17.6 Å². The van der Waals surface area contributed by atoms with Gasteiger partial charge in [0.1, 0.15) is 5.76 Å². The van der Waals surface area contributed by atoms with Crippen LogP contribution < -0.4 is 5.32 Å². The number of aryl methyl sites for hydroxylation is 1. The van der Waals surface area contributed by atoms with Crippen molar-refractivity contribution in [2.45, 2.75) is 32.4 Å². The first-order valence-corrected chi connectivity index (χ1v) is 9.65. The highest BCUT2D eigenvalue weighted by Crippen LogP contribution is 2.29. The number of benzene rings is 1. The van der Waals surface area contributed by atoms with Gasteiger partial charge in [-0.15, -0.1) is 11.3 Å². The summed E-state index contributed by atoms with van der Waals surface area (Å²) >= 11 is 1.59. The lowest BCUT2D eigenvalue weighted by Gasteiger charge is -2.25. The number of nitrogens with zero attached hydrogens (tertiary/aromatic N) is 2. The number of anilines is 1. The quantitative estimate of drug-likeness (QED) is 0.719. The van der Waals surface area contributed by atoms with Gasteiger partial charge in [0, 0.05) is 43.8 Å². The van der Waals surface area contributed by atoms with Crippen molar-refractivity contribution in [1.29, 1.82) is 0 Å². The molecule has 26 heavy (non-hydrogen) atoms. The van der Waals surface area contributed by atoms with Crippen LogP contribution in [0, 0.1) is 0 Å². The number of rotatable bonds is 6. The average molecular weight is 367 g/mol. The fraction of sp³-hybridized carbons (Fsp3) is 0.300. The molecule has 1 N–H and O–H groups in total. The number of furan rings is 1. The molecule has 5 nitrogen and oxygen atoms in total. The number of thiazole rings is 1. The van der Waals surface area contributed by atoms with Gasteiger partial charge in [0.05, 0.1) is 12.0 Å². The van der Waals surface area contributed by atoms with Gasteiger partial charge in [-0.25, -0.2) is 4.98 Å². The minimum Gasteiger partial charge on any atom is -0.469 e. The molecule has 0 radical (unpaired) electrons. The molecule has 0 spiro atoms. The predicted molar refractivity (Wildman–Crippen MR) is 102 cm³/mol. The van der Waals surface area contributed by atoms with Gasteiger partial charge in [-0.1, -0.05) is 30.3 Å². The summed E-state index contributed by atoms with van der Waals surface area (Å²) in [5.74, 6) is 0.809. The van der Waals surface area contributed by atoms with Crippen LogP contribution in [0.1, 0.15) is 28.3 Å². The molecular weight excluding hydrogens is 346 g/mol. The van der Waals surface area contributed by atoms with Gasteiger partial charge in [0.15, 0.2) is 5.13 Å². The van der Waals surface area contributed by atoms with Crippen molar-refractivity contribution in [1.82, 2.24) is 9.88 Å². The van der Waals surface area contributed by atoms with Crippen LogP contribution in [0.2, 0.25) is 0 Å². The van der Waals surface area contributed by atoms with E-state index in [0.717, 1.165) is 37.5 Å². The van der Waals surface area contributed by atoms with Crippen molar-refractivity contribution < 1.29 is 9.21 Å². The second kappa shape index (κ2) is 7.85. The number of carbonyl (C=O) groups excluding carboxylic acids is 1. The molecule has 3 heterocycles. The first kappa shape index (κ1) is 17.0. The zero-order chi connectivity index (χ0) is 17.8. The molecule has 134 valence electrons. The monoisotopic (exact) mass is 367 g/mol. The average Bonchev–Trinajstić information content (AvgIpc) is 3.29. The lowest BCUT2D eigenvalue weighted by Crippen LogP contribution is -2.29. The number of nitrogens with one attached hydrogen (secondary N) is 1. The maximum atomic E-state index is 12.1. The van der Waals surface area contributed by atoms with Crippen molar-refractivity contribution in [3.8, 4) is 0 Å². The highest BCUT2D eigenvalue weighted by Gasteiger charge is 2.21. The first-order valence-electron chi connectivity index (χ1n) is 8.83. The lowest BCUT2D eigenvalue weighted by atomic mass is 10.1. The molecule has 1 aliphatic rings. The predicted octanol–water partition coefficient (Wildman–Crippen LogP) is 3.87. The van der Waals surface area contributed by atoms with E-state index >= 15 is 0 Å². The Kier molecular flexibility index (Phi) is 5.13. The molecule has 0 saturated carbocycles. The number of carbonyl (C=O) groups is 1. The summed E-state index contributed by atoms with van der Waals surface area (Å²) in [6.45, 7) is 2.84. The van der Waals surface area contributed by atoms with E-state index in [4.69, 9.17) is 4.42 Å². The van der Waals surface area contributed by atoms with Crippen LogP contribution in [0.25, 0.3) is 0 Å². The highest BCUT2D eigenvalue weighted by atomic mass is 32.1. The molecule has 0 bridgehead atoms. The number of hydrogen-bond donors (Lipinski definition) is 1. The van der Waals surface area contributed by atoms with Gasteiger partial charge in [-0.2, -0.15) is 0 Å². The van der Waals surface area contributed by atoms with Crippen molar-refractivity contribution >= 4 is 22.4 Å². The maximum absolute atomic E-state index is 12.1. The number of fused-ring (bicyclic) bond motifs is 1.